The molecule has 0 saturated carbocycles. The molecular weight excluding hydrogens is 552 g/mol. The van der Waals surface area contributed by atoms with Crippen LogP contribution >= 0.6 is 0 Å². The summed E-state index contributed by atoms with van der Waals surface area (Å²) in [5.41, 5.74) is 13.9. The van der Waals surface area contributed by atoms with Crippen LogP contribution in [0.4, 0.5) is 5.69 Å². The summed E-state index contributed by atoms with van der Waals surface area (Å²) < 4.78 is 7.85. The summed E-state index contributed by atoms with van der Waals surface area (Å²) in [6.45, 7) is 5.99. The smallest absolute Gasteiger partial charge is 0.303 e. The second kappa shape index (κ2) is 12.9. The summed E-state index contributed by atoms with van der Waals surface area (Å²) in [5.74, 6) is -0.966. The van der Waals surface area contributed by atoms with Gasteiger partial charge in [0.1, 0.15) is 5.65 Å². The van der Waals surface area contributed by atoms with Crippen molar-refractivity contribution in [2.75, 3.05) is 18.6 Å². The number of aliphatic carboxylic acids is 1. The van der Waals surface area contributed by atoms with Gasteiger partial charge in [0.2, 0.25) is 5.91 Å². The Bertz CT molecular complexity index is 1790. The number of rotatable bonds is 10. The number of aromatic nitrogens is 2. The zero-order chi connectivity index (χ0) is 30.6. The normalized spacial score (nSPS) is 14.5. The number of ether oxygens (including phenoxy) is 1. The Hall–Kier alpha value is -4.69. The highest BCUT2D eigenvalue weighted by atomic mass is 16.5. The van der Waals surface area contributed by atoms with Crippen molar-refractivity contribution in [3.63, 3.8) is 0 Å². The predicted octanol–water partition coefficient (Wildman–Crippen LogP) is 6.53. The van der Waals surface area contributed by atoms with Crippen molar-refractivity contribution in [3.05, 3.63) is 107 Å². The van der Waals surface area contributed by atoms with Crippen molar-refractivity contribution in [3.8, 4) is 0 Å². The Balaban J connectivity index is 1.30. The van der Waals surface area contributed by atoms with Gasteiger partial charge in [0.05, 0.1) is 17.1 Å². The van der Waals surface area contributed by atoms with Crippen LogP contribution in [0.15, 0.2) is 78.9 Å². The number of hydrazine groups is 1. The maximum Gasteiger partial charge on any atom is 0.303 e. The fourth-order valence-electron chi connectivity index (χ4n) is 6.62. The number of benzene rings is 3. The Morgan fingerprint density at radius 2 is 1.68 bits per heavy atom. The van der Waals surface area contributed by atoms with Crippen LogP contribution in [0.1, 0.15) is 53.1 Å². The highest BCUT2D eigenvalue weighted by Gasteiger charge is 2.31. The molecule has 1 unspecified atom stereocenters. The molecule has 1 saturated heterocycles. The number of carbonyl (C=O) groups is 2. The fraction of sp³-hybridized carbons (Fsp3) is 0.306. The topological polar surface area (TPSA) is 105 Å². The molecule has 1 aliphatic heterocycles. The first-order chi connectivity index (χ1) is 21.4. The number of para-hydroxylation sites is 2. The monoisotopic (exact) mass is 590 g/mol. The lowest BCUT2D eigenvalue weighted by atomic mass is 9.80. The van der Waals surface area contributed by atoms with E-state index in [1.54, 1.807) is 0 Å². The van der Waals surface area contributed by atoms with E-state index in [9.17, 15) is 14.7 Å². The SMILES string of the molecule is Cc1nc2c(c(C)c1CCC(=O)O)c1ccccc1n2Cc1ccc(C(C(=O)NNc2ccccc2)C2CCOCC2)cc1. The van der Waals surface area contributed by atoms with Crippen LogP contribution in [0.25, 0.3) is 21.9 Å². The molecule has 1 aliphatic rings. The molecule has 8 nitrogen and oxygen atoms in total. The molecule has 3 N–H and O–H groups in total. The van der Waals surface area contributed by atoms with Gasteiger partial charge in [-0.2, -0.15) is 0 Å². The molecule has 0 bridgehead atoms. The zero-order valence-corrected chi connectivity index (χ0v) is 25.2. The minimum absolute atomic E-state index is 0.0512. The lowest BCUT2D eigenvalue weighted by Crippen LogP contribution is -2.38. The van der Waals surface area contributed by atoms with Crippen LogP contribution in [0.3, 0.4) is 0 Å². The molecule has 5 aromatic rings. The first-order valence-electron chi connectivity index (χ1n) is 15.3. The van der Waals surface area contributed by atoms with Crippen LogP contribution in [-0.2, 0) is 27.3 Å². The van der Waals surface area contributed by atoms with Crippen LogP contribution in [0.2, 0.25) is 0 Å². The number of carbonyl (C=O) groups excluding carboxylic acids is 1. The molecule has 3 heterocycles. The van der Waals surface area contributed by atoms with E-state index in [0.717, 1.165) is 68.4 Å². The summed E-state index contributed by atoms with van der Waals surface area (Å²) in [6, 6.07) is 26.3. The van der Waals surface area contributed by atoms with Gasteiger partial charge in [0.25, 0.3) is 0 Å². The summed E-state index contributed by atoms with van der Waals surface area (Å²) in [5, 5.41) is 11.5. The number of carboxylic acid groups (broad SMARTS) is 1. The van der Waals surface area contributed by atoms with Gasteiger partial charge in [-0.1, -0.05) is 60.7 Å². The van der Waals surface area contributed by atoms with Gasteiger partial charge in [-0.25, -0.2) is 4.98 Å². The van der Waals surface area contributed by atoms with Gasteiger partial charge in [-0.05, 0) is 79.5 Å². The van der Waals surface area contributed by atoms with Gasteiger partial charge in [-0.3, -0.25) is 20.4 Å². The van der Waals surface area contributed by atoms with E-state index < -0.39 is 5.97 Å². The second-order valence-electron chi connectivity index (χ2n) is 11.6. The van der Waals surface area contributed by atoms with Crippen molar-refractivity contribution >= 4 is 39.5 Å². The number of carboxylic acids is 1. The zero-order valence-electron chi connectivity index (χ0n) is 25.2. The summed E-state index contributed by atoms with van der Waals surface area (Å²) in [7, 11) is 0. The number of nitrogens with one attached hydrogen (secondary N) is 2. The molecular formula is C36H38N4O4. The average molecular weight is 591 g/mol. The van der Waals surface area contributed by atoms with Crippen molar-refractivity contribution in [1.82, 2.24) is 15.0 Å². The third-order valence-corrected chi connectivity index (χ3v) is 8.87. The van der Waals surface area contributed by atoms with Gasteiger partial charge >= 0.3 is 5.97 Å². The van der Waals surface area contributed by atoms with Crippen LogP contribution in [0.5, 0.6) is 0 Å². The van der Waals surface area contributed by atoms with Crippen LogP contribution in [0, 0.1) is 19.8 Å². The molecule has 3 aromatic carbocycles. The average Bonchev–Trinajstić information content (AvgIpc) is 3.34. The number of hydrogen-bond acceptors (Lipinski definition) is 5. The molecule has 2 aromatic heterocycles. The Labute approximate surface area is 257 Å². The molecule has 1 amide bonds. The van der Waals surface area contributed by atoms with E-state index in [1.165, 1.54) is 0 Å². The summed E-state index contributed by atoms with van der Waals surface area (Å²) in [4.78, 5) is 29.9. The maximum atomic E-state index is 13.6. The first-order valence-corrected chi connectivity index (χ1v) is 15.3. The summed E-state index contributed by atoms with van der Waals surface area (Å²) >= 11 is 0. The number of hydrogen-bond donors (Lipinski definition) is 3. The lowest BCUT2D eigenvalue weighted by Gasteiger charge is -2.30. The van der Waals surface area contributed by atoms with Gasteiger partial charge in [0, 0.05) is 42.6 Å². The van der Waals surface area contributed by atoms with Gasteiger partial charge < -0.3 is 14.4 Å². The first kappa shape index (κ1) is 29.4. The van der Waals surface area contributed by atoms with Crippen molar-refractivity contribution < 1.29 is 19.4 Å². The highest BCUT2D eigenvalue weighted by Crippen LogP contribution is 2.35. The molecule has 6 rings (SSSR count). The second-order valence-corrected chi connectivity index (χ2v) is 11.6. The van der Waals surface area contributed by atoms with E-state index in [2.05, 4.69) is 58.7 Å². The largest absolute Gasteiger partial charge is 0.481 e. The molecule has 1 fully saturated rings. The lowest BCUT2D eigenvalue weighted by molar-refractivity contribution is -0.137. The Morgan fingerprint density at radius 3 is 2.41 bits per heavy atom. The number of nitrogens with zero attached hydrogens (tertiary/aromatic N) is 2. The number of anilines is 1. The standard InChI is InChI=1S/C36H38N4O4/c1-23-29(16-17-32(41)42)24(2)37-35-33(23)30-10-6-7-11-31(30)40(35)22-25-12-14-26(15-13-25)34(27-18-20-44-21-19-27)36(43)39-38-28-8-4-3-5-9-28/h3-15,27,34,38H,16-22H2,1-2H3,(H,39,43)(H,41,42). The van der Waals surface area contributed by atoms with E-state index >= 15 is 0 Å². The number of fused-ring (bicyclic) bond motifs is 3. The maximum absolute atomic E-state index is 13.6. The molecule has 1 atom stereocenters. The van der Waals surface area contributed by atoms with E-state index in [-0.39, 0.29) is 24.2 Å². The van der Waals surface area contributed by atoms with Gasteiger partial charge in [-0.15, -0.1) is 0 Å². The molecule has 8 heteroatoms. The number of aryl methyl sites for hydroxylation is 2. The van der Waals surface area contributed by atoms with Crippen molar-refractivity contribution in [2.24, 2.45) is 5.92 Å². The number of pyridine rings is 1. The van der Waals surface area contributed by atoms with Crippen LogP contribution < -0.4 is 10.9 Å². The molecule has 0 spiro atoms. The quantitative estimate of drug-likeness (QED) is 0.160. The third kappa shape index (κ3) is 6.03. The molecule has 226 valence electrons. The van der Waals surface area contributed by atoms with E-state index in [1.807, 2.05) is 49.4 Å². The van der Waals surface area contributed by atoms with Gasteiger partial charge in [0.15, 0.2) is 0 Å². The third-order valence-electron chi connectivity index (χ3n) is 8.87. The van der Waals surface area contributed by atoms with Crippen molar-refractivity contribution in [1.29, 1.82) is 0 Å². The fourth-order valence-corrected chi connectivity index (χ4v) is 6.62. The minimum atomic E-state index is -0.807. The minimum Gasteiger partial charge on any atom is -0.481 e. The van der Waals surface area contributed by atoms with E-state index in [4.69, 9.17) is 9.72 Å². The Kier molecular flexibility index (Phi) is 8.61. The predicted molar refractivity (Wildman–Crippen MR) is 173 cm³/mol. The van der Waals surface area contributed by atoms with Crippen molar-refractivity contribution in [2.45, 2.75) is 52.0 Å². The Morgan fingerprint density at radius 1 is 0.977 bits per heavy atom. The summed E-state index contributed by atoms with van der Waals surface area (Å²) in [6.07, 6.45) is 2.21. The molecule has 0 radical (unpaired) electrons. The molecule has 0 aliphatic carbocycles. The van der Waals surface area contributed by atoms with E-state index in [0.29, 0.717) is 26.2 Å². The van der Waals surface area contributed by atoms with Crippen LogP contribution in [-0.4, -0.2) is 39.7 Å². The highest BCUT2D eigenvalue weighted by molar-refractivity contribution is 6.08. The molecule has 44 heavy (non-hydrogen) atoms. The number of amides is 1.